The first-order valence-electron chi connectivity index (χ1n) is 7.33. The van der Waals surface area contributed by atoms with Crippen molar-refractivity contribution in [1.29, 1.82) is 0 Å². The normalized spacial score (nSPS) is 17.1. The van der Waals surface area contributed by atoms with Crippen LogP contribution in [0.2, 0.25) is 0 Å². The maximum absolute atomic E-state index is 13.5. The van der Waals surface area contributed by atoms with Crippen molar-refractivity contribution in [2.24, 2.45) is 0 Å². The zero-order chi connectivity index (χ0) is 18.1. The van der Waals surface area contributed by atoms with Crippen LogP contribution in [0.3, 0.4) is 0 Å². The lowest BCUT2D eigenvalue weighted by molar-refractivity contribution is -0.168. The van der Waals surface area contributed by atoms with Crippen molar-refractivity contribution >= 4 is 27.7 Å². The van der Waals surface area contributed by atoms with Crippen LogP contribution in [0.4, 0.5) is 4.39 Å². The SMILES string of the molecule is COc1ccc(C(=O)N2CC(=O)N(O)C2c2ccc(F)c(Br)c2)cc1. The monoisotopic (exact) mass is 408 g/mol. The van der Waals surface area contributed by atoms with Gasteiger partial charge in [0.1, 0.15) is 18.1 Å². The quantitative estimate of drug-likeness (QED) is 0.792. The topological polar surface area (TPSA) is 70.1 Å². The van der Waals surface area contributed by atoms with Crippen LogP contribution in [0.5, 0.6) is 5.75 Å². The van der Waals surface area contributed by atoms with Crippen LogP contribution in [-0.4, -0.2) is 40.6 Å². The van der Waals surface area contributed by atoms with Gasteiger partial charge >= 0.3 is 0 Å². The van der Waals surface area contributed by atoms with E-state index in [2.05, 4.69) is 15.9 Å². The second-order valence-corrected chi connectivity index (χ2v) is 6.30. The average molecular weight is 409 g/mol. The van der Waals surface area contributed by atoms with Crippen molar-refractivity contribution in [3.8, 4) is 5.75 Å². The summed E-state index contributed by atoms with van der Waals surface area (Å²) >= 11 is 3.07. The summed E-state index contributed by atoms with van der Waals surface area (Å²) < 4.78 is 18.7. The molecule has 25 heavy (non-hydrogen) atoms. The lowest BCUT2D eigenvalue weighted by Crippen LogP contribution is -2.34. The Balaban J connectivity index is 1.95. The maximum Gasteiger partial charge on any atom is 0.267 e. The lowest BCUT2D eigenvalue weighted by Gasteiger charge is -2.26. The molecule has 1 aliphatic rings. The van der Waals surface area contributed by atoms with Gasteiger partial charge in [0.15, 0.2) is 6.17 Å². The fraction of sp³-hybridized carbons (Fsp3) is 0.176. The molecule has 2 aromatic carbocycles. The number of benzene rings is 2. The van der Waals surface area contributed by atoms with Gasteiger partial charge in [0.25, 0.3) is 11.8 Å². The molecule has 2 amide bonds. The molecule has 1 atom stereocenters. The Labute approximate surface area is 151 Å². The summed E-state index contributed by atoms with van der Waals surface area (Å²) in [4.78, 5) is 25.9. The third-order valence-electron chi connectivity index (χ3n) is 3.93. The number of ether oxygens (including phenoxy) is 1. The average Bonchev–Trinajstić information content (AvgIpc) is 2.92. The zero-order valence-corrected chi connectivity index (χ0v) is 14.7. The summed E-state index contributed by atoms with van der Waals surface area (Å²) in [6.45, 7) is -0.277. The van der Waals surface area contributed by atoms with Crippen molar-refractivity contribution in [3.05, 3.63) is 63.9 Å². The molecule has 0 spiro atoms. The van der Waals surface area contributed by atoms with Gasteiger partial charge in [-0.1, -0.05) is 6.07 Å². The van der Waals surface area contributed by atoms with E-state index in [1.54, 1.807) is 24.3 Å². The molecule has 0 aliphatic carbocycles. The van der Waals surface area contributed by atoms with Crippen LogP contribution in [0.1, 0.15) is 22.1 Å². The van der Waals surface area contributed by atoms with E-state index >= 15 is 0 Å². The predicted molar refractivity (Wildman–Crippen MR) is 89.5 cm³/mol. The summed E-state index contributed by atoms with van der Waals surface area (Å²) in [6, 6.07) is 10.5. The van der Waals surface area contributed by atoms with Crippen LogP contribution in [0.25, 0.3) is 0 Å². The molecular weight excluding hydrogens is 395 g/mol. The smallest absolute Gasteiger partial charge is 0.267 e. The molecule has 1 N–H and O–H groups in total. The van der Waals surface area contributed by atoms with E-state index in [-0.39, 0.29) is 11.0 Å². The van der Waals surface area contributed by atoms with Gasteiger partial charge in [-0.15, -0.1) is 0 Å². The highest BCUT2D eigenvalue weighted by Crippen LogP contribution is 2.33. The second kappa shape index (κ2) is 6.81. The number of hydroxylamine groups is 2. The minimum absolute atomic E-state index is 0.176. The van der Waals surface area contributed by atoms with Gasteiger partial charge in [-0.25, -0.2) is 4.39 Å². The molecule has 0 bridgehead atoms. The van der Waals surface area contributed by atoms with E-state index in [1.807, 2.05) is 0 Å². The number of halogens is 2. The molecule has 6 nitrogen and oxygen atoms in total. The molecule has 0 saturated carbocycles. The van der Waals surface area contributed by atoms with Crippen molar-refractivity contribution in [2.75, 3.05) is 13.7 Å². The Morgan fingerprint density at radius 2 is 1.96 bits per heavy atom. The van der Waals surface area contributed by atoms with E-state index < -0.39 is 23.8 Å². The van der Waals surface area contributed by atoms with Crippen molar-refractivity contribution in [3.63, 3.8) is 0 Å². The molecule has 1 aliphatic heterocycles. The number of hydrogen-bond donors (Lipinski definition) is 1. The first kappa shape index (κ1) is 17.4. The maximum atomic E-state index is 13.5. The van der Waals surface area contributed by atoms with Crippen LogP contribution in [0, 0.1) is 5.82 Å². The summed E-state index contributed by atoms with van der Waals surface area (Å²) in [6.07, 6.45) is -1.03. The number of hydrogen-bond acceptors (Lipinski definition) is 4. The molecule has 8 heteroatoms. The van der Waals surface area contributed by atoms with Gasteiger partial charge in [0.05, 0.1) is 11.6 Å². The van der Waals surface area contributed by atoms with Gasteiger partial charge in [0.2, 0.25) is 0 Å². The number of amides is 2. The van der Waals surface area contributed by atoms with Crippen LogP contribution in [0.15, 0.2) is 46.9 Å². The molecular formula is C17H14BrFN2O4. The molecule has 1 saturated heterocycles. The summed E-state index contributed by atoms with van der Waals surface area (Å²) in [7, 11) is 1.52. The van der Waals surface area contributed by atoms with Gasteiger partial charge in [-0.3, -0.25) is 14.8 Å². The molecule has 1 fully saturated rings. The van der Waals surface area contributed by atoms with Gasteiger partial charge in [0, 0.05) is 5.56 Å². The van der Waals surface area contributed by atoms with Crippen LogP contribution < -0.4 is 4.74 Å². The summed E-state index contributed by atoms with van der Waals surface area (Å²) in [5, 5.41) is 10.6. The highest BCUT2D eigenvalue weighted by Gasteiger charge is 2.41. The molecule has 1 unspecified atom stereocenters. The summed E-state index contributed by atoms with van der Waals surface area (Å²) in [5.74, 6) is -0.937. The molecule has 0 aromatic heterocycles. The van der Waals surface area contributed by atoms with Crippen LogP contribution in [-0.2, 0) is 4.79 Å². The van der Waals surface area contributed by atoms with E-state index in [0.29, 0.717) is 21.9 Å². The van der Waals surface area contributed by atoms with Gasteiger partial charge in [-0.05, 0) is 57.9 Å². The zero-order valence-electron chi connectivity index (χ0n) is 13.1. The fourth-order valence-corrected chi connectivity index (χ4v) is 3.05. The number of carbonyl (C=O) groups is 2. The van der Waals surface area contributed by atoms with Crippen molar-refractivity contribution < 1.29 is 23.9 Å². The van der Waals surface area contributed by atoms with E-state index in [4.69, 9.17) is 4.74 Å². The van der Waals surface area contributed by atoms with Crippen molar-refractivity contribution in [1.82, 2.24) is 9.96 Å². The molecule has 0 radical (unpaired) electrons. The van der Waals surface area contributed by atoms with Crippen LogP contribution >= 0.6 is 15.9 Å². The molecule has 130 valence electrons. The molecule has 1 heterocycles. The van der Waals surface area contributed by atoms with Gasteiger partial charge < -0.3 is 9.64 Å². The van der Waals surface area contributed by atoms with Crippen molar-refractivity contribution in [2.45, 2.75) is 6.17 Å². The first-order valence-corrected chi connectivity index (χ1v) is 8.12. The lowest BCUT2D eigenvalue weighted by atomic mass is 10.1. The first-order chi connectivity index (χ1) is 11.9. The Hall–Kier alpha value is -2.45. The molecule has 3 rings (SSSR count). The largest absolute Gasteiger partial charge is 0.497 e. The Morgan fingerprint density at radius 3 is 2.56 bits per heavy atom. The highest BCUT2D eigenvalue weighted by molar-refractivity contribution is 9.10. The number of nitrogens with zero attached hydrogens (tertiary/aromatic N) is 2. The minimum Gasteiger partial charge on any atom is -0.497 e. The third kappa shape index (κ3) is 3.22. The van der Waals surface area contributed by atoms with E-state index in [9.17, 15) is 19.2 Å². The standard InChI is InChI=1S/C17H14BrFN2O4/c1-25-12-5-2-10(3-6-12)17(23)20-9-15(22)21(24)16(20)11-4-7-14(19)13(18)8-11/h2-8,16,24H,9H2,1H3. The van der Waals surface area contributed by atoms with E-state index in [1.165, 1.54) is 30.2 Å². The molecule has 2 aromatic rings. The highest BCUT2D eigenvalue weighted by atomic mass is 79.9. The fourth-order valence-electron chi connectivity index (χ4n) is 2.65. The Bertz CT molecular complexity index is 828. The second-order valence-electron chi connectivity index (χ2n) is 5.45. The Kier molecular flexibility index (Phi) is 4.73. The Morgan fingerprint density at radius 1 is 1.28 bits per heavy atom. The number of methoxy groups -OCH3 is 1. The minimum atomic E-state index is -1.03. The van der Waals surface area contributed by atoms with E-state index in [0.717, 1.165) is 0 Å². The van der Waals surface area contributed by atoms with Gasteiger partial charge in [-0.2, -0.15) is 5.06 Å². The number of rotatable bonds is 3. The number of carbonyl (C=O) groups excluding carboxylic acids is 2. The summed E-state index contributed by atoms with van der Waals surface area (Å²) in [5.41, 5.74) is 0.749. The predicted octanol–water partition coefficient (Wildman–Crippen LogP) is 2.97. The third-order valence-corrected chi connectivity index (χ3v) is 4.54.